The summed E-state index contributed by atoms with van der Waals surface area (Å²) in [6.07, 6.45) is 2.49. The summed E-state index contributed by atoms with van der Waals surface area (Å²) in [7, 11) is 2.91. The minimum absolute atomic E-state index is 0. The zero-order chi connectivity index (χ0) is 11.7. The molecule has 4 nitrogen and oxygen atoms in total. The Hall–Kier alpha value is -2.10. The molecule has 0 amide bonds. The number of methoxy groups -OCH3 is 2. The largest absolute Gasteiger partial charge is 0.496 e. The van der Waals surface area contributed by atoms with Crippen molar-refractivity contribution in [2.24, 2.45) is 0 Å². The van der Waals surface area contributed by atoms with Crippen LogP contribution < -0.4 is 9.47 Å². The van der Waals surface area contributed by atoms with Crippen LogP contribution in [-0.4, -0.2) is 25.8 Å². The monoisotopic (exact) mass is 234 g/mol. The molecule has 90 valence electrons. The smallest absolute Gasteiger partial charge is 0.190 e. The van der Waals surface area contributed by atoms with Crippen molar-refractivity contribution in [3.8, 4) is 11.5 Å². The molecular weight excluding hydrogens is 220 g/mol. The van der Waals surface area contributed by atoms with Gasteiger partial charge in [0.25, 0.3) is 0 Å². The maximum Gasteiger partial charge on any atom is 0.190 e. The minimum atomic E-state index is -0.245. The highest BCUT2D eigenvalue weighted by Crippen LogP contribution is 2.33. The first kappa shape index (κ1) is 13.0. The molecular formula is C13H14O4. The van der Waals surface area contributed by atoms with Gasteiger partial charge < -0.3 is 9.47 Å². The molecule has 4 heteroatoms. The minimum Gasteiger partial charge on any atom is -0.496 e. The standard InChI is InChI=1S/C12H10O4.CH4/c1-15-9-5-6-10(16-2)12-8(14)4-3-7(13)11(9)12;/h3-6H,1-2H3;1H4. The highest BCUT2D eigenvalue weighted by atomic mass is 16.5. The van der Waals surface area contributed by atoms with Crippen LogP contribution in [0, 0.1) is 0 Å². The van der Waals surface area contributed by atoms with Crippen LogP contribution in [0.15, 0.2) is 24.3 Å². The molecule has 1 aliphatic rings. The van der Waals surface area contributed by atoms with Crippen LogP contribution >= 0.6 is 0 Å². The van der Waals surface area contributed by atoms with Gasteiger partial charge in [0.05, 0.1) is 25.3 Å². The summed E-state index contributed by atoms with van der Waals surface area (Å²) in [4.78, 5) is 23.4. The molecule has 1 aromatic carbocycles. The van der Waals surface area contributed by atoms with Crippen molar-refractivity contribution in [1.29, 1.82) is 0 Å². The fourth-order valence-corrected chi connectivity index (χ4v) is 1.71. The first-order valence-corrected chi connectivity index (χ1v) is 4.70. The lowest BCUT2D eigenvalue weighted by molar-refractivity contribution is 0.0989. The van der Waals surface area contributed by atoms with Crippen LogP contribution in [0.5, 0.6) is 11.5 Å². The van der Waals surface area contributed by atoms with E-state index < -0.39 is 0 Å². The van der Waals surface area contributed by atoms with Crippen LogP contribution in [0.3, 0.4) is 0 Å². The number of carbonyl (C=O) groups excluding carboxylic acids is 2. The Bertz CT molecular complexity index is 455. The van der Waals surface area contributed by atoms with Crippen molar-refractivity contribution in [2.75, 3.05) is 14.2 Å². The van der Waals surface area contributed by atoms with E-state index in [4.69, 9.17) is 9.47 Å². The predicted molar refractivity (Wildman–Crippen MR) is 64.1 cm³/mol. The second-order valence-corrected chi connectivity index (χ2v) is 3.28. The molecule has 0 heterocycles. The second kappa shape index (κ2) is 4.82. The van der Waals surface area contributed by atoms with E-state index in [1.54, 1.807) is 12.1 Å². The van der Waals surface area contributed by atoms with Crippen molar-refractivity contribution in [1.82, 2.24) is 0 Å². The molecule has 0 radical (unpaired) electrons. The molecule has 1 aliphatic carbocycles. The number of ketones is 2. The van der Waals surface area contributed by atoms with Crippen molar-refractivity contribution in [2.45, 2.75) is 7.43 Å². The van der Waals surface area contributed by atoms with Crippen molar-refractivity contribution in [3.63, 3.8) is 0 Å². The van der Waals surface area contributed by atoms with Gasteiger partial charge in [0.1, 0.15) is 11.5 Å². The Balaban J connectivity index is 0.00000144. The van der Waals surface area contributed by atoms with Crippen LogP contribution in [-0.2, 0) is 0 Å². The van der Waals surface area contributed by atoms with Gasteiger partial charge in [-0.1, -0.05) is 7.43 Å². The number of hydrogen-bond donors (Lipinski definition) is 0. The third-order valence-electron chi connectivity index (χ3n) is 2.45. The molecule has 0 saturated carbocycles. The van der Waals surface area contributed by atoms with E-state index in [2.05, 4.69) is 0 Å². The van der Waals surface area contributed by atoms with Crippen molar-refractivity contribution < 1.29 is 19.1 Å². The van der Waals surface area contributed by atoms with Crippen molar-refractivity contribution >= 4 is 11.6 Å². The highest BCUT2D eigenvalue weighted by molar-refractivity contribution is 6.24. The predicted octanol–water partition coefficient (Wildman–Crippen LogP) is 2.28. The first-order valence-electron chi connectivity index (χ1n) is 4.70. The Labute approximate surface area is 99.8 Å². The molecule has 1 aromatic rings. The molecule has 0 N–H and O–H groups in total. The van der Waals surface area contributed by atoms with E-state index in [1.165, 1.54) is 26.4 Å². The Morgan fingerprint density at radius 2 is 1.18 bits per heavy atom. The molecule has 2 rings (SSSR count). The number of ether oxygens (including phenoxy) is 2. The fourth-order valence-electron chi connectivity index (χ4n) is 1.71. The SMILES string of the molecule is C.COc1ccc(OC)c2c1C(=O)C=CC2=O. The quantitative estimate of drug-likeness (QED) is 0.787. The second-order valence-electron chi connectivity index (χ2n) is 3.28. The zero-order valence-electron chi connectivity index (χ0n) is 8.94. The molecule has 0 spiro atoms. The van der Waals surface area contributed by atoms with Crippen molar-refractivity contribution in [3.05, 3.63) is 35.4 Å². The lowest BCUT2D eigenvalue weighted by Gasteiger charge is -2.15. The van der Waals surface area contributed by atoms with Gasteiger partial charge in [0, 0.05) is 0 Å². The molecule has 0 aromatic heterocycles. The number of benzene rings is 1. The topological polar surface area (TPSA) is 52.6 Å². The number of hydrogen-bond acceptors (Lipinski definition) is 4. The van der Waals surface area contributed by atoms with Gasteiger partial charge in [-0.2, -0.15) is 0 Å². The third-order valence-corrected chi connectivity index (χ3v) is 2.45. The van der Waals surface area contributed by atoms with Gasteiger partial charge in [-0.05, 0) is 24.3 Å². The van der Waals surface area contributed by atoms with E-state index in [-0.39, 0.29) is 30.1 Å². The van der Waals surface area contributed by atoms with Gasteiger partial charge >= 0.3 is 0 Å². The Kier molecular flexibility index (Phi) is 3.68. The van der Waals surface area contributed by atoms with Crippen LogP contribution in [0.25, 0.3) is 0 Å². The average Bonchev–Trinajstić information content (AvgIpc) is 2.32. The molecule has 17 heavy (non-hydrogen) atoms. The van der Waals surface area contributed by atoms with E-state index in [1.807, 2.05) is 0 Å². The maximum absolute atomic E-state index is 11.7. The summed E-state index contributed by atoms with van der Waals surface area (Å²) in [6, 6.07) is 3.23. The van der Waals surface area contributed by atoms with Crippen LogP contribution in [0.4, 0.5) is 0 Å². The Morgan fingerprint density at radius 3 is 1.47 bits per heavy atom. The van der Waals surface area contributed by atoms with Gasteiger partial charge in [-0.25, -0.2) is 0 Å². The fraction of sp³-hybridized carbons (Fsp3) is 0.231. The van der Waals surface area contributed by atoms with E-state index in [0.29, 0.717) is 11.5 Å². The summed E-state index contributed by atoms with van der Waals surface area (Å²) < 4.78 is 10.1. The molecule has 0 unspecified atom stereocenters. The van der Waals surface area contributed by atoms with E-state index >= 15 is 0 Å². The number of allylic oxidation sites excluding steroid dienone is 2. The molecule has 0 saturated heterocycles. The lowest BCUT2D eigenvalue weighted by Crippen LogP contribution is -2.14. The Morgan fingerprint density at radius 1 is 0.824 bits per heavy atom. The average molecular weight is 234 g/mol. The molecule has 0 aliphatic heterocycles. The maximum atomic E-state index is 11.7. The summed E-state index contributed by atoms with van der Waals surface area (Å²) in [5, 5.41) is 0. The third kappa shape index (κ3) is 1.93. The summed E-state index contributed by atoms with van der Waals surface area (Å²) in [5.74, 6) is 0.285. The molecule has 0 atom stereocenters. The highest BCUT2D eigenvalue weighted by Gasteiger charge is 2.26. The van der Waals surface area contributed by atoms with E-state index in [0.717, 1.165) is 0 Å². The van der Waals surface area contributed by atoms with E-state index in [9.17, 15) is 9.59 Å². The summed E-state index contributed by atoms with van der Waals surface area (Å²) in [6.45, 7) is 0. The van der Waals surface area contributed by atoms with Gasteiger partial charge in [-0.15, -0.1) is 0 Å². The zero-order valence-corrected chi connectivity index (χ0v) is 8.94. The van der Waals surface area contributed by atoms with Crippen LogP contribution in [0.2, 0.25) is 0 Å². The van der Waals surface area contributed by atoms with Gasteiger partial charge in [-0.3, -0.25) is 9.59 Å². The summed E-state index contributed by atoms with van der Waals surface area (Å²) in [5.41, 5.74) is 0.545. The molecule has 0 fully saturated rings. The van der Waals surface area contributed by atoms with Crippen LogP contribution in [0.1, 0.15) is 28.1 Å². The normalized spacial score (nSPS) is 12.8. The van der Waals surface area contributed by atoms with Gasteiger partial charge in [0.15, 0.2) is 11.6 Å². The van der Waals surface area contributed by atoms with Gasteiger partial charge in [0.2, 0.25) is 0 Å². The number of rotatable bonds is 2. The number of carbonyl (C=O) groups is 2. The first-order chi connectivity index (χ1) is 7.69. The number of fused-ring (bicyclic) bond motifs is 1. The summed E-state index contributed by atoms with van der Waals surface area (Å²) >= 11 is 0. The molecule has 0 bridgehead atoms. The lowest BCUT2D eigenvalue weighted by atomic mass is 9.93.